The van der Waals surface area contributed by atoms with E-state index in [4.69, 9.17) is 18.9 Å². The molecule has 0 bridgehead atoms. The molecule has 12 nitrogen and oxygen atoms in total. The maximum absolute atomic E-state index is 11.6. The van der Waals surface area contributed by atoms with Gasteiger partial charge in [-0.2, -0.15) is 0 Å². The number of ether oxygens (including phenoxy) is 4. The van der Waals surface area contributed by atoms with Crippen LogP contribution in [0.1, 0.15) is 19.8 Å². The van der Waals surface area contributed by atoms with Crippen LogP contribution < -0.4 is 0 Å². The topological polar surface area (TPSA) is 196 Å². The molecule has 7 N–H and O–H groups in total. The van der Waals surface area contributed by atoms with Crippen LogP contribution in [0.3, 0.4) is 0 Å². The lowest BCUT2D eigenvalue weighted by atomic mass is 9.97. The number of aliphatic hydroxyl groups is 7. The summed E-state index contributed by atoms with van der Waals surface area (Å²) in [6.07, 6.45) is -15.2. The zero-order valence-corrected chi connectivity index (χ0v) is 15.3. The highest BCUT2D eigenvalue weighted by molar-refractivity contribution is 5.69. The minimum absolute atomic E-state index is 0.138. The largest absolute Gasteiger partial charge is 0.463 e. The Hall–Kier alpha value is -0.930. The summed E-state index contributed by atoms with van der Waals surface area (Å²) in [4.78, 5) is 11.6. The molecule has 2 aliphatic rings. The first-order valence-corrected chi connectivity index (χ1v) is 9.02. The van der Waals surface area contributed by atoms with Crippen LogP contribution in [-0.2, 0) is 23.7 Å². The van der Waals surface area contributed by atoms with E-state index in [0.717, 1.165) is 0 Å². The van der Waals surface area contributed by atoms with Gasteiger partial charge in [0.25, 0.3) is 0 Å². The van der Waals surface area contributed by atoms with Crippen molar-refractivity contribution in [3.05, 3.63) is 0 Å². The lowest BCUT2D eigenvalue weighted by Crippen LogP contribution is -2.64. The summed E-state index contributed by atoms with van der Waals surface area (Å²) >= 11 is 0. The number of carbonyl (C=O) groups is 1. The van der Waals surface area contributed by atoms with Gasteiger partial charge in [0.05, 0.1) is 6.61 Å². The summed E-state index contributed by atoms with van der Waals surface area (Å²) in [7, 11) is 0. The first-order chi connectivity index (χ1) is 13.2. The summed E-state index contributed by atoms with van der Waals surface area (Å²) in [6, 6.07) is 0. The van der Waals surface area contributed by atoms with Gasteiger partial charge >= 0.3 is 5.97 Å². The fourth-order valence-corrected chi connectivity index (χ4v) is 3.01. The molecule has 28 heavy (non-hydrogen) atoms. The number of aliphatic hydroxyl groups excluding tert-OH is 7. The van der Waals surface area contributed by atoms with E-state index in [1.54, 1.807) is 6.92 Å². The Labute approximate surface area is 160 Å². The summed E-state index contributed by atoms with van der Waals surface area (Å²) in [5.74, 6) is -0.548. The van der Waals surface area contributed by atoms with Gasteiger partial charge in [-0.15, -0.1) is 0 Å². The van der Waals surface area contributed by atoms with Crippen LogP contribution >= 0.6 is 0 Å². The van der Waals surface area contributed by atoms with E-state index >= 15 is 0 Å². The molecule has 0 aromatic rings. The summed E-state index contributed by atoms with van der Waals surface area (Å²) in [5.41, 5.74) is 0. The van der Waals surface area contributed by atoms with E-state index in [1.807, 2.05) is 0 Å². The number of carbonyl (C=O) groups excluding carboxylic acids is 1. The molecule has 1 unspecified atom stereocenters. The van der Waals surface area contributed by atoms with Crippen molar-refractivity contribution in [1.29, 1.82) is 0 Å². The van der Waals surface area contributed by atoms with E-state index in [2.05, 4.69) is 0 Å². The highest BCUT2D eigenvalue weighted by Gasteiger charge is 2.50. The van der Waals surface area contributed by atoms with Crippen molar-refractivity contribution in [2.45, 2.75) is 81.2 Å². The van der Waals surface area contributed by atoms with Gasteiger partial charge in [0.1, 0.15) is 55.4 Å². The molecule has 12 heteroatoms. The van der Waals surface area contributed by atoms with Crippen LogP contribution in [0.2, 0.25) is 0 Å². The Morgan fingerprint density at radius 3 is 2.18 bits per heavy atom. The summed E-state index contributed by atoms with van der Waals surface area (Å²) < 4.78 is 20.8. The minimum atomic E-state index is -1.78. The SMILES string of the molecule is CCCC(=O)OC[C@H]1OC(O)[C@H](O)[C@@H](O)[C@@H]1O[C@@H]1O[C@H](CO)[C@H](O)[C@H](O)[C@H]1O. The molecule has 10 atom stereocenters. The molecule has 0 aromatic carbocycles. The normalized spacial score (nSPS) is 44.3. The zero-order valence-electron chi connectivity index (χ0n) is 15.3. The van der Waals surface area contributed by atoms with Crippen molar-refractivity contribution in [2.24, 2.45) is 0 Å². The lowest BCUT2D eigenvalue weighted by molar-refractivity contribution is -0.355. The van der Waals surface area contributed by atoms with Gasteiger partial charge in [-0.05, 0) is 6.42 Å². The molecule has 2 aliphatic heterocycles. The highest BCUT2D eigenvalue weighted by atomic mass is 16.7. The van der Waals surface area contributed by atoms with Gasteiger partial charge < -0.3 is 54.7 Å². The fraction of sp³-hybridized carbons (Fsp3) is 0.938. The first-order valence-electron chi connectivity index (χ1n) is 9.02. The van der Waals surface area contributed by atoms with E-state index in [-0.39, 0.29) is 6.42 Å². The number of rotatable bonds is 7. The lowest BCUT2D eigenvalue weighted by Gasteiger charge is -2.45. The predicted octanol–water partition coefficient (Wildman–Crippen LogP) is -4.05. The van der Waals surface area contributed by atoms with Crippen molar-refractivity contribution in [2.75, 3.05) is 13.2 Å². The van der Waals surface area contributed by atoms with Crippen LogP contribution in [0, 0.1) is 0 Å². The number of hydrogen-bond donors (Lipinski definition) is 7. The maximum Gasteiger partial charge on any atom is 0.305 e. The van der Waals surface area contributed by atoms with E-state index in [0.29, 0.717) is 6.42 Å². The first kappa shape index (κ1) is 23.3. The molecular formula is C16H28O12. The third-order valence-corrected chi connectivity index (χ3v) is 4.66. The van der Waals surface area contributed by atoms with Gasteiger partial charge in [-0.1, -0.05) is 6.92 Å². The average Bonchev–Trinajstić information content (AvgIpc) is 2.67. The van der Waals surface area contributed by atoms with Crippen LogP contribution in [-0.4, -0.2) is 116 Å². The molecule has 0 spiro atoms. The minimum Gasteiger partial charge on any atom is -0.463 e. The van der Waals surface area contributed by atoms with Crippen LogP contribution in [0.5, 0.6) is 0 Å². The second kappa shape index (κ2) is 10.2. The third kappa shape index (κ3) is 5.16. The Morgan fingerprint density at radius 2 is 1.57 bits per heavy atom. The van der Waals surface area contributed by atoms with Crippen molar-refractivity contribution in [3.8, 4) is 0 Å². The summed E-state index contributed by atoms with van der Waals surface area (Å²) in [5, 5.41) is 68.7. The number of esters is 1. The standard InChI is InChI=1S/C16H28O12/c1-2-3-8(18)25-5-7-14(11(21)12(22)15(24)26-7)28-16-13(23)10(20)9(19)6(4-17)27-16/h6-7,9-17,19-24H,2-5H2,1H3/t6-,7-,9+,10+,11-,12-,13-,14-,15?,16+/m1/s1. The van der Waals surface area contributed by atoms with Gasteiger partial charge in [0.2, 0.25) is 0 Å². The molecule has 2 heterocycles. The Bertz CT molecular complexity index is 502. The third-order valence-electron chi connectivity index (χ3n) is 4.66. The predicted molar refractivity (Wildman–Crippen MR) is 87.4 cm³/mol. The maximum atomic E-state index is 11.6. The second-order valence-corrected chi connectivity index (χ2v) is 6.78. The van der Waals surface area contributed by atoms with Crippen LogP contribution in [0.4, 0.5) is 0 Å². The molecule has 0 radical (unpaired) electrons. The fourth-order valence-electron chi connectivity index (χ4n) is 3.01. The molecule has 0 amide bonds. The van der Waals surface area contributed by atoms with Crippen molar-refractivity contribution < 1.29 is 59.5 Å². The van der Waals surface area contributed by atoms with Gasteiger partial charge in [0, 0.05) is 6.42 Å². The molecule has 2 fully saturated rings. The molecule has 0 saturated carbocycles. The molecule has 2 rings (SSSR count). The van der Waals surface area contributed by atoms with Crippen LogP contribution in [0.25, 0.3) is 0 Å². The quantitative estimate of drug-likeness (QED) is 0.200. The monoisotopic (exact) mass is 412 g/mol. The molecule has 2 saturated heterocycles. The smallest absolute Gasteiger partial charge is 0.305 e. The van der Waals surface area contributed by atoms with Crippen LogP contribution in [0.15, 0.2) is 0 Å². The molecule has 0 aliphatic carbocycles. The Balaban J connectivity index is 2.11. The van der Waals surface area contributed by atoms with E-state index in [1.165, 1.54) is 0 Å². The average molecular weight is 412 g/mol. The molecule has 0 aromatic heterocycles. The van der Waals surface area contributed by atoms with E-state index < -0.39 is 80.6 Å². The Morgan fingerprint density at radius 1 is 0.893 bits per heavy atom. The highest BCUT2D eigenvalue weighted by Crippen LogP contribution is 2.28. The number of hydrogen-bond acceptors (Lipinski definition) is 12. The van der Waals surface area contributed by atoms with Crippen molar-refractivity contribution in [1.82, 2.24) is 0 Å². The Kier molecular flexibility index (Phi) is 8.51. The van der Waals surface area contributed by atoms with Crippen molar-refractivity contribution in [3.63, 3.8) is 0 Å². The van der Waals surface area contributed by atoms with Gasteiger partial charge in [0.15, 0.2) is 12.6 Å². The summed E-state index contributed by atoms with van der Waals surface area (Å²) in [6.45, 7) is 0.656. The van der Waals surface area contributed by atoms with Gasteiger partial charge in [-0.25, -0.2) is 0 Å². The van der Waals surface area contributed by atoms with Crippen molar-refractivity contribution >= 4 is 5.97 Å². The molecule has 164 valence electrons. The molecular weight excluding hydrogens is 384 g/mol. The second-order valence-electron chi connectivity index (χ2n) is 6.78. The van der Waals surface area contributed by atoms with Gasteiger partial charge in [-0.3, -0.25) is 4.79 Å². The van der Waals surface area contributed by atoms with E-state index in [9.17, 15) is 40.5 Å². The zero-order chi connectivity index (χ0) is 21.0.